The second-order valence-corrected chi connectivity index (χ2v) is 8.05. The fraction of sp³-hybridized carbons (Fsp3) is 0.222. The third-order valence-electron chi connectivity index (χ3n) is 3.63. The van der Waals surface area contributed by atoms with Crippen molar-refractivity contribution in [2.24, 2.45) is 10.1 Å². The standard InChI is InChI=1S/C18H17Cl2N3OS2/c1-12-5-8-25-17(12)10-22-23-16(11-26-18(23)21-6-7-24-2)14-4-3-13(19)9-15(14)20/h3-5,8-11H,6-7H2,1-2H3/b21-18?,22-10-. The molecule has 0 saturated carbocycles. The highest BCUT2D eigenvalue weighted by molar-refractivity contribution is 7.11. The van der Waals surface area contributed by atoms with Gasteiger partial charge in [-0.15, -0.1) is 22.7 Å². The van der Waals surface area contributed by atoms with Crippen molar-refractivity contribution < 1.29 is 4.74 Å². The quantitative estimate of drug-likeness (QED) is 0.388. The van der Waals surface area contributed by atoms with Crippen LogP contribution >= 0.6 is 45.9 Å². The number of rotatable bonds is 6. The van der Waals surface area contributed by atoms with Crippen molar-refractivity contribution in [1.82, 2.24) is 4.68 Å². The molecule has 136 valence electrons. The average molecular weight is 426 g/mol. The van der Waals surface area contributed by atoms with Gasteiger partial charge >= 0.3 is 0 Å². The molecule has 26 heavy (non-hydrogen) atoms. The van der Waals surface area contributed by atoms with Gasteiger partial charge < -0.3 is 4.74 Å². The van der Waals surface area contributed by atoms with Crippen LogP contribution in [0.2, 0.25) is 10.0 Å². The van der Waals surface area contributed by atoms with E-state index in [9.17, 15) is 0 Å². The van der Waals surface area contributed by atoms with E-state index < -0.39 is 0 Å². The molecule has 0 bridgehead atoms. The van der Waals surface area contributed by atoms with Crippen molar-refractivity contribution in [2.45, 2.75) is 6.92 Å². The van der Waals surface area contributed by atoms with Crippen molar-refractivity contribution in [3.05, 3.63) is 60.3 Å². The summed E-state index contributed by atoms with van der Waals surface area (Å²) >= 11 is 15.6. The van der Waals surface area contributed by atoms with E-state index in [0.717, 1.165) is 20.9 Å². The maximum atomic E-state index is 6.40. The SMILES string of the molecule is COCCN=c1scc(-c2ccc(Cl)cc2Cl)n1/N=C\c1sccc1C. The first-order valence-corrected chi connectivity index (χ1v) is 10.4. The van der Waals surface area contributed by atoms with E-state index in [1.165, 1.54) is 16.9 Å². The molecule has 4 nitrogen and oxygen atoms in total. The number of hydrogen-bond acceptors (Lipinski definition) is 5. The Morgan fingerprint density at radius 1 is 1.23 bits per heavy atom. The van der Waals surface area contributed by atoms with Gasteiger partial charge in [-0.3, -0.25) is 4.99 Å². The molecule has 2 aromatic heterocycles. The lowest BCUT2D eigenvalue weighted by molar-refractivity contribution is 0.207. The molecule has 0 aliphatic carbocycles. The number of aromatic nitrogens is 1. The minimum Gasteiger partial charge on any atom is -0.383 e. The molecule has 0 fully saturated rings. The second kappa shape index (κ2) is 8.97. The van der Waals surface area contributed by atoms with Crippen LogP contribution in [0.3, 0.4) is 0 Å². The van der Waals surface area contributed by atoms with E-state index in [2.05, 4.69) is 28.5 Å². The van der Waals surface area contributed by atoms with E-state index in [0.29, 0.717) is 23.2 Å². The van der Waals surface area contributed by atoms with Crippen LogP contribution in [0, 0.1) is 6.92 Å². The smallest absolute Gasteiger partial charge is 0.206 e. The zero-order chi connectivity index (χ0) is 18.5. The number of halogens is 2. The summed E-state index contributed by atoms with van der Waals surface area (Å²) in [5.74, 6) is 0. The summed E-state index contributed by atoms with van der Waals surface area (Å²) in [6.07, 6.45) is 1.86. The van der Waals surface area contributed by atoms with Gasteiger partial charge in [-0.1, -0.05) is 23.2 Å². The van der Waals surface area contributed by atoms with Crippen molar-refractivity contribution in [2.75, 3.05) is 20.3 Å². The molecule has 0 N–H and O–H groups in total. The highest BCUT2D eigenvalue weighted by Gasteiger charge is 2.11. The summed E-state index contributed by atoms with van der Waals surface area (Å²) < 4.78 is 6.90. The van der Waals surface area contributed by atoms with Crippen LogP contribution in [0.25, 0.3) is 11.3 Å². The monoisotopic (exact) mass is 425 g/mol. The Balaban J connectivity index is 2.08. The Kier molecular flexibility index (Phi) is 6.67. The van der Waals surface area contributed by atoms with Crippen molar-refractivity contribution in [1.29, 1.82) is 0 Å². The fourth-order valence-corrected chi connectivity index (χ4v) is 4.40. The Hall–Kier alpha value is -1.44. The minimum atomic E-state index is 0.558. The number of thiophene rings is 1. The molecule has 0 radical (unpaired) electrons. The van der Waals surface area contributed by atoms with E-state index >= 15 is 0 Å². The van der Waals surface area contributed by atoms with Gasteiger partial charge in [0, 0.05) is 23.1 Å². The molecule has 2 heterocycles. The number of methoxy groups -OCH3 is 1. The highest BCUT2D eigenvalue weighted by atomic mass is 35.5. The van der Waals surface area contributed by atoms with Crippen LogP contribution in [0.15, 0.2) is 45.1 Å². The summed E-state index contributed by atoms with van der Waals surface area (Å²) in [4.78, 5) is 6.49. The second-order valence-electron chi connectivity index (χ2n) is 5.43. The van der Waals surface area contributed by atoms with Crippen LogP contribution in [-0.2, 0) is 4.74 Å². The van der Waals surface area contributed by atoms with Gasteiger partial charge in [-0.25, -0.2) is 4.68 Å². The fourth-order valence-electron chi connectivity index (χ4n) is 2.26. The Bertz CT molecular complexity index is 988. The van der Waals surface area contributed by atoms with Gasteiger partial charge in [0.25, 0.3) is 0 Å². The largest absolute Gasteiger partial charge is 0.383 e. The molecule has 0 atom stereocenters. The Morgan fingerprint density at radius 3 is 2.77 bits per heavy atom. The van der Waals surface area contributed by atoms with Gasteiger partial charge in [0.2, 0.25) is 4.80 Å². The molecule has 0 spiro atoms. The maximum absolute atomic E-state index is 6.40. The molecule has 0 amide bonds. The van der Waals surface area contributed by atoms with Crippen LogP contribution in [0.1, 0.15) is 10.4 Å². The predicted molar refractivity (Wildman–Crippen MR) is 112 cm³/mol. The lowest BCUT2D eigenvalue weighted by Crippen LogP contribution is -2.13. The topological polar surface area (TPSA) is 38.9 Å². The zero-order valence-corrected chi connectivity index (χ0v) is 17.4. The zero-order valence-electron chi connectivity index (χ0n) is 14.3. The van der Waals surface area contributed by atoms with Crippen LogP contribution in [0.4, 0.5) is 0 Å². The minimum absolute atomic E-state index is 0.558. The summed E-state index contributed by atoms with van der Waals surface area (Å²) in [6.45, 7) is 3.19. The lowest BCUT2D eigenvalue weighted by Gasteiger charge is -2.06. The van der Waals surface area contributed by atoms with Crippen molar-refractivity contribution in [3.8, 4) is 11.3 Å². The molecule has 8 heteroatoms. The first kappa shape index (κ1) is 19.3. The van der Waals surface area contributed by atoms with E-state index in [1.807, 2.05) is 28.4 Å². The molecule has 3 rings (SSSR count). The molecule has 0 aliphatic rings. The Morgan fingerprint density at radius 2 is 2.08 bits per heavy atom. The summed E-state index contributed by atoms with van der Waals surface area (Å²) in [6, 6.07) is 7.52. The number of hydrogen-bond donors (Lipinski definition) is 0. The van der Waals surface area contributed by atoms with Crippen molar-refractivity contribution >= 4 is 52.1 Å². The van der Waals surface area contributed by atoms with E-state index in [4.69, 9.17) is 27.9 Å². The summed E-state index contributed by atoms with van der Waals surface area (Å²) in [7, 11) is 1.66. The summed E-state index contributed by atoms with van der Waals surface area (Å²) in [5, 5.41) is 9.90. The van der Waals surface area contributed by atoms with Gasteiger partial charge in [0.05, 0.1) is 35.0 Å². The number of aryl methyl sites for hydroxylation is 1. The van der Waals surface area contributed by atoms with Gasteiger partial charge in [0.15, 0.2) is 0 Å². The lowest BCUT2D eigenvalue weighted by atomic mass is 10.2. The summed E-state index contributed by atoms with van der Waals surface area (Å²) in [5.41, 5.74) is 2.93. The third-order valence-corrected chi connectivity index (χ3v) is 5.98. The number of thiazole rings is 1. The molecule has 1 aromatic carbocycles. The highest BCUT2D eigenvalue weighted by Crippen LogP contribution is 2.30. The molecule has 0 saturated heterocycles. The third kappa shape index (κ3) is 4.45. The number of nitrogens with zero attached hydrogens (tertiary/aromatic N) is 3. The van der Waals surface area contributed by atoms with Gasteiger partial charge in [0.1, 0.15) is 0 Å². The van der Waals surface area contributed by atoms with Crippen LogP contribution in [0.5, 0.6) is 0 Å². The first-order chi connectivity index (χ1) is 12.6. The van der Waals surface area contributed by atoms with Crippen molar-refractivity contribution in [3.63, 3.8) is 0 Å². The molecule has 3 aromatic rings. The van der Waals surface area contributed by atoms with Crippen LogP contribution < -0.4 is 4.80 Å². The maximum Gasteiger partial charge on any atom is 0.206 e. The molecule has 0 aliphatic heterocycles. The van der Waals surface area contributed by atoms with Gasteiger partial charge in [-0.05, 0) is 42.1 Å². The predicted octanol–water partition coefficient (Wildman–Crippen LogP) is 5.32. The molecule has 0 unspecified atom stereocenters. The van der Waals surface area contributed by atoms with Crippen LogP contribution in [-0.4, -0.2) is 31.2 Å². The van der Waals surface area contributed by atoms with E-state index in [-0.39, 0.29) is 0 Å². The average Bonchev–Trinajstić information content (AvgIpc) is 3.19. The molecular formula is C18H17Cl2N3OS2. The Labute approximate surface area is 170 Å². The number of ether oxygens (including phenoxy) is 1. The van der Waals surface area contributed by atoms with E-state index in [1.54, 1.807) is 24.5 Å². The molecular weight excluding hydrogens is 409 g/mol. The first-order valence-electron chi connectivity index (χ1n) is 7.84. The van der Waals surface area contributed by atoms with Gasteiger partial charge in [-0.2, -0.15) is 5.10 Å². The normalized spacial score (nSPS) is 12.4. The number of benzene rings is 1.